The number of nitrogens with one attached hydrogen (secondary N) is 1. The zero-order chi connectivity index (χ0) is 20.5. The predicted molar refractivity (Wildman–Crippen MR) is 121 cm³/mol. The first-order valence-corrected chi connectivity index (χ1v) is 11.7. The summed E-state index contributed by atoms with van der Waals surface area (Å²) in [4.78, 5) is 15.8. The summed E-state index contributed by atoms with van der Waals surface area (Å²) in [7, 11) is 0. The monoisotopic (exact) mass is 394 g/mol. The van der Waals surface area contributed by atoms with Crippen molar-refractivity contribution in [2.45, 2.75) is 83.6 Å². The van der Waals surface area contributed by atoms with E-state index in [0.29, 0.717) is 11.5 Å². The van der Waals surface area contributed by atoms with Crippen LogP contribution in [0.25, 0.3) is 5.57 Å². The maximum atomic E-state index is 13.2. The summed E-state index contributed by atoms with van der Waals surface area (Å²) >= 11 is 0. The number of piperidine rings is 1. The maximum absolute atomic E-state index is 13.2. The van der Waals surface area contributed by atoms with E-state index >= 15 is 0 Å². The molecule has 0 atom stereocenters. The van der Waals surface area contributed by atoms with Gasteiger partial charge in [0.15, 0.2) is 0 Å². The van der Waals surface area contributed by atoms with E-state index in [1.165, 1.54) is 43.4 Å². The maximum Gasteiger partial charge on any atom is 0.251 e. The van der Waals surface area contributed by atoms with Crippen LogP contribution in [-0.2, 0) is 10.2 Å². The quantitative estimate of drug-likeness (QED) is 0.751. The SMILES string of the molecule is CC(C)(C)CCN1CCC2(C=C(C(=O)NC3CCCCC3)c3ccccc32)CC1. The molecule has 1 N–H and O–H groups in total. The van der Waals surface area contributed by atoms with Crippen LogP contribution in [0.4, 0.5) is 0 Å². The zero-order valence-corrected chi connectivity index (χ0v) is 18.6. The van der Waals surface area contributed by atoms with Gasteiger partial charge in [0.05, 0.1) is 0 Å². The first-order chi connectivity index (χ1) is 13.9. The van der Waals surface area contributed by atoms with Crippen molar-refractivity contribution in [2.24, 2.45) is 5.41 Å². The topological polar surface area (TPSA) is 32.3 Å². The van der Waals surface area contributed by atoms with Crippen molar-refractivity contribution in [3.8, 4) is 0 Å². The number of carbonyl (C=O) groups excluding carboxylic acids is 1. The number of nitrogens with zero attached hydrogens (tertiary/aromatic N) is 1. The van der Waals surface area contributed by atoms with Crippen molar-refractivity contribution in [3.63, 3.8) is 0 Å². The minimum atomic E-state index is 0.0497. The smallest absolute Gasteiger partial charge is 0.251 e. The van der Waals surface area contributed by atoms with Crippen LogP contribution in [0.5, 0.6) is 0 Å². The molecule has 2 fully saturated rings. The second kappa shape index (κ2) is 8.26. The number of hydrogen-bond acceptors (Lipinski definition) is 2. The average molecular weight is 395 g/mol. The summed E-state index contributed by atoms with van der Waals surface area (Å²) in [6.07, 6.45) is 11.9. The van der Waals surface area contributed by atoms with E-state index in [9.17, 15) is 4.79 Å². The van der Waals surface area contributed by atoms with Crippen LogP contribution in [0.15, 0.2) is 30.3 Å². The summed E-state index contributed by atoms with van der Waals surface area (Å²) in [5, 5.41) is 3.35. The Morgan fingerprint density at radius 3 is 2.48 bits per heavy atom. The summed E-state index contributed by atoms with van der Waals surface area (Å²) in [6.45, 7) is 10.4. The highest BCUT2D eigenvalue weighted by atomic mass is 16.1. The van der Waals surface area contributed by atoms with Crippen LogP contribution in [0.1, 0.15) is 83.3 Å². The van der Waals surface area contributed by atoms with Gasteiger partial charge in [0.2, 0.25) is 0 Å². The Kier molecular flexibility index (Phi) is 5.88. The number of hydrogen-bond donors (Lipinski definition) is 1. The van der Waals surface area contributed by atoms with Gasteiger partial charge in [-0.05, 0) is 68.3 Å². The van der Waals surface area contributed by atoms with E-state index in [1.54, 1.807) is 0 Å². The van der Waals surface area contributed by atoms with Gasteiger partial charge in [0.1, 0.15) is 0 Å². The first kappa shape index (κ1) is 20.7. The van der Waals surface area contributed by atoms with E-state index < -0.39 is 0 Å². The standard InChI is InChI=1S/C26H38N2O/c1-25(2,3)13-16-28-17-14-26(15-18-28)19-22(21-11-7-8-12-23(21)26)24(29)27-20-9-5-4-6-10-20/h7-8,11-12,19-20H,4-6,9-10,13-18H2,1-3H3,(H,27,29). The van der Waals surface area contributed by atoms with Gasteiger partial charge in [0, 0.05) is 17.0 Å². The third-order valence-electron chi connectivity index (χ3n) is 7.29. The molecule has 4 rings (SSSR count). The van der Waals surface area contributed by atoms with Gasteiger partial charge in [-0.25, -0.2) is 0 Å². The van der Waals surface area contributed by atoms with Gasteiger partial charge in [-0.15, -0.1) is 0 Å². The molecular formula is C26H38N2O. The van der Waals surface area contributed by atoms with Crippen LogP contribution in [0, 0.1) is 5.41 Å². The van der Waals surface area contributed by atoms with Crippen LogP contribution >= 0.6 is 0 Å². The van der Waals surface area contributed by atoms with Crippen LogP contribution in [-0.4, -0.2) is 36.5 Å². The van der Waals surface area contributed by atoms with Crippen molar-refractivity contribution in [1.82, 2.24) is 10.2 Å². The van der Waals surface area contributed by atoms with Gasteiger partial charge >= 0.3 is 0 Å². The van der Waals surface area contributed by atoms with Gasteiger partial charge in [-0.3, -0.25) is 4.79 Å². The van der Waals surface area contributed by atoms with Crippen molar-refractivity contribution in [3.05, 3.63) is 41.5 Å². The number of allylic oxidation sites excluding steroid dienone is 1. The van der Waals surface area contributed by atoms with Gasteiger partial charge in [-0.1, -0.05) is 70.4 Å². The number of benzene rings is 1. The summed E-state index contributed by atoms with van der Waals surface area (Å²) < 4.78 is 0. The summed E-state index contributed by atoms with van der Waals surface area (Å²) in [6, 6.07) is 9.00. The molecule has 2 aliphatic carbocycles. The molecule has 29 heavy (non-hydrogen) atoms. The Morgan fingerprint density at radius 2 is 1.79 bits per heavy atom. The lowest BCUT2D eigenvalue weighted by atomic mass is 9.74. The van der Waals surface area contributed by atoms with Crippen molar-refractivity contribution >= 4 is 11.5 Å². The molecule has 1 amide bonds. The zero-order valence-electron chi connectivity index (χ0n) is 18.6. The molecule has 158 valence electrons. The third-order valence-corrected chi connectivity index (χ3v) is 7.29. The lowest BCUT2D eigenvalue weighted by Gasteiger charge is -2.40. The average Bonchev–Trinajstić information content (AvgIpc) is 3.02. The van der Waals surface area contributed by atoms with Crippen LogP contribution < -0.4 is 5.32 Å². The van der Waals surface area contributed by atoms with Gasteiger partial charge in [0.25, 0.3) is 5.91 Å². The fourth-order valence-electron chi connectivity index (χ4n) is 5.36. The highest BCUT2D eigenvalue weighted by molar-refractivity contribution is 6.21. The Bertz CT molecular complexity index is 759. The molecule has 1 saturated heterocycles. The molecule has 0 bridgehead atoms. The van der Waals surface area contributed by atoms with E-state index in [2.05, 4.69) is 61.3 Å². The van der Waals surface area contributed by atoms with E-state index in [0.717, 1.165) is 44.3 Å². The van der Waals surface area contributed by atoms with E-state index in [1.807, 2.05) is 0 Å². The highest BCUT2D eigenvalue weighted by Crippen LogP contribution is 2.47. The number of carbonyl (C=O) groups is 1. The molecule has 1 saturated carbocycles. The largest absolute Gasteiger partial charge is 0.349 e. The second-order valence-corrected chi connectivity index (χ2v) is 10.7. The molecule has 1 spiro atoms. The Labute approximate surface area is 176 Å². The molecule has 3 heteroatoms. The van der Waals surface area contributed by atoms with E-state index in [-0.39, 0.29) is 11.3 Å². The Hall–Kier alpha value is -1.61. The fourth-order valence-corrected chi connectivity index (χ4v) is 5.36. The number of fused-ring (bicyclic) bond motifs is 2. The number of likely N-dealkylation sites (tertiary alicyclic amines) is 1. The molecular weight excluding hydrogens is 356 g/mol. The predicted octanol–water partition coefficient (Wildman–Crippen LogP) is 5.30. The molecule has 0 radical (unpaired) electrons. The molecule has 1 heterocycles. The molecule has 1 aromatic rings. The van der Waals surface area contributed by atoms with Crippen molar-refractivity contribution in [1.29, 1.82) is 0 Å². The molecule has 1 aromatic carbocycles. The van der Waals surface area contributed by atoms with Crippen molar-refractivity contribution < 1.29 is 4.79 Å². The Morgan fingerprint density at radius 1 is 1.10 bits per heavy atom. The lowest BCUT2D eigenvalue weighted by molar-refractivity contribution is -0.116. The third kappa shape index (κ3) is 4.60. The molecule has 3 aliphatic rings. The number of rotatable bonds is 4. The summed E-state index contributed by atoms with van der Waals surface area (Å²) in [5.41, 5.74) is 3.91. The normalized spacial score (nSPS) is 22.4. The number of amides is 1. The minimum Gasteiger partial charge on any atom is -0.349 e. The molecule has 3 nitrogen and oxygen atoms in total. The molecule has 0 aromatic heterocycles. The lowest BCUT2D eigenvalue weighted by Crippen LogP contribution is -2.42. The van der Waals surface area contributed by atoms with Gasteiger partial charge in [-0.2, -0.15) is 0 Å². The Balaban J connectivity index is 1.48. The first-order valence-electron chi connectivity index (χ1n) is 11.7. The summed E-state index contributed by atoms with van der Waals surface area (Å²) in [5.74, 6) is 0.149. The van der Waals surface area contributed by atoms with Gasteiger partial charge < -0.3 is 10.2 Å². The fraction of sp³-hybridized carbons (Fsp3) is 0.654. The molecule has 0 unspecified atom stereocenters. The highest BCUT2D eigenvalue weighted by Gasteiger charge is 2.42. The minimum absolute atomic E-state index is 0.0497. The second-order valence-electron chi connectivity index (χ2n) is 10.7. The van der Waals surface area contributed by atoms with Crippen LogP contribution in [0.3, 0.4) is 0 Å². The molecule has 1 aliphatic heterocycles. The van der Waals surface area contributed by atoms with E-state index in [4.69, 9.17) is 0 Å². The van der Waals surface area contributed by atoms with Crippen molar-refractivity contribution in [2.75, 3.05) is 19.6 Å². The van der Waals surface area contributed by atoms with Crippen LogP contribution in [0.2, 0.25) is 0 Å².